The summed E-state index contributed by atoms with van der Waals surface area (Å²) >= 11 is 0. The number of para-hydroxylation sites is 1. The van der Waals surface area contributed by atoms with Gasteiger partial charge in [-0.2, -0.15) is 17.6 Å². The lowest BCUT2D eigenvalue weighted by atomic mass is 10.1. The van der Waals surface area contributed by atoms with Crippen LogP contribution in [0.3, 0.4) is 0 Å². The molecule has 0 amide bonds. The van der Waals surface area contributed by atoms with Crippen molar-refractivity contribution in [1.82, 2.24) is 0 Å². The molecule has 0 saturated carbocycles. The van der Waals surface area contributed by atoms with Crippen molar-refractivity contribution in [3.8, 4) is 5.75 Å². The van der Waals surface area contributed by atoms with E-state index in [1.165, 1.54) is 6.07 Å². The zero-order chi connectivity index (χ0) is 17.1. The number of aldehydes is 1. The van der Waals surface area contributed by atoms with Gasteiger partial charge in [0, 0.05) is 0 Å². The van der Waals surface area contributed by atoms with Gasteiger partial charge >= 0.3 is 12.0 Å². The van der Waals surface area contributed by atoms with Crippen LogP contribution in [0.25, 0.3) is 0 Å². The molecule has 0 aliphatic rings. The van der Waals surface area contributed by atoms with Crippen molar-refractivity contribution >= 4 is 6.29 Å². The molecule has 1 aromatic rings. The summed E-state index contributed by atoms with van der Waals surface area (Å²) in [4.78, 5) is 10.5. The van der Waals surface area contributed by atoms with Crippen molar-refractivity contribution < 1.29 is 44.7 Å². The van der Waals surface area contributed by atoms with E-state index >= 15 is 0 Å². The van der Waals surface area contributed by atoms with Crippen LogP contribution in [0, 0.1) is 0 Å². The second-order valence-electron chi connectivity index (χ2n) is 4.08. The summed E-state index contributed by atoms with van der Waals surface area (Å²) in [5.74, 6) is -6.93. The second kappa shape index (κ2) is 6.49. The van der Waals surface area contributed by atoms with Gasteiger partial charge in [-0.25, -0.2) is 17.6 Å². The van der Waals surface area contributed by atoms with E-state index in [9.17, 15) is 39.9 Å². The van der Waals surface area contributed by atoms with Crippen LogP contribution in [0.5, 0.6) is 5.75 Å². The van der Waals surface area contributed by atoms with E-state index in [4.69, 9.17) is 0 Å². The predicted octanol–water partition coefficient (Wildman–Crippen LogP) is 4.05. The third kappa shape index (κ3) is 3.47. The van der Waals surface area contributed by atoms with Gasteiger partial charge in [-0.3, -0.25) is 4.79 Å². The van der Waals surface area contributed by atoms with Gasteiger partial charge < -0.3 is 4.74 Å². The summed E-state index contributed by atoms with van der Waals surface area (Å²) < 4.78 is 106. The maximum Gasteiger partial charge on any atom is 0.467 e. The Morgan fingerprint density at radius 1 is 1.00 bits per heavy atom. The first kappa shape index (κ1) is 18.2. The highest BCUT2D eigenvalue weighted by Crippen LogP contribution is 2.42. The maximum absolute atomic E-state index is 13.3. The summed E-state index contributed by atoms with van der Waals surface area (Å²) in [6.07, 6.45) is -18.5. The van der Waals surface area contributed by atoms with E-state index < -0.39 is 42.1 Å². The van der Waals surface area contributed by atoms with Gasteiger partial charge in [0.25, 0.3) is 6.43 Å². The lowest BCUT2D eigenvalue weighted by Gasteiger charge is -2.30. The van der Waals surface area contributed by atoms with Crippen molar-refractivity contribution in [1.29, 1.82) is 0 Å². The standard InChI is InChI=1S/C12H8F8O2/c13-8(10(15)16)9(14)11(17,18)12(19,20)22-7-4-2-1-3-6(7)5-21/h1-5,8-10H. The minimum Gasteiger partial charge on any atom is -0.427 e. The third-order valence-corrected chi connectivity index (χ3v) is 2.54. The highest BCUT2D eigenvalue weighted by Gasteiger charge is 2.68. The van der Waals surface area contributed by atoms with Crippen LogP contribution in [0.2, 0.25) is 0 Å². The van der Waals surface area contributed by atoms with Gasteiger partial charge in [0.05, 0.1) is 5.56 Å². The number of benzene rings is 1. The fourth-order valence-corrected chi connectivity index (χ4v) is 1.37. The molecule has 0 heterocycles. The van der Waals surface area contributed by atoms with Crippen LogP contribution in [0.15, 0.2) is 24.3 Å². The van der Waals surface area contributed by atoms with E-state index in [2.05, 4.69) is 4.74 Å². The molecule has 22 heavy (non-hydrogen) atoms. The molecule has 2 nitrogen and oxygen atoms in total. The summed E-state index contributed by atoms with van der Waals surface area (Å²) in [7, 11) is 0. The molecule has 0 aliphatic carbocycles. The number of halogens is 8. The minimum atomic E-state index is -5.89. The predicted molar refractivity (Wildman–Crippen MR) is 58.1 cm³/mol. The highest BCUT2D eigenvalue weighted by molar-refractivity contribution is 5.79. The molecule has 0 aromatic heterocycles. The molecule has 1 aromatic carbocycles. The Bertz CT molecular complexity index is 520. The van der Waals surface area contributed by atoms with Gasteiger partial charge in [0.1, 0.15) is 5.75 Å². The monoisotopic (exact) mass is 336 g/mol. The van der Waals surface area contributed by atoms with Crippen molar-refractivity contribution in [2.75, 3.05) is 0 Å². The Kier molecular flexibility index (Phi) is 5.36. The average molecular weight is 336 g/mol. The molecule has 0 N–H and O–H groups in total. The van der Waals surface area contributed by atoms with Gasteiger partial charge in [-0.1, -0.05) is 12.1 Å². The summed E-state index contributed by atoms with van der Waals surface area (Å²) in [5, 5.41) is 0. The molecule has 1 rings (SSSR count). The van der Waals surface area contributed by atoms with E-state index in [0.717, 1.165) is 12.1 Å². The SMILES string of the molecule is O=Cc1ccccc1OC(F)(F)C(F)(F)C(F)C(F)C(F)F. The lowest BCUT2D eigenvalue weighted by Crippen LogP contribution is -2.55. The third-order valence-electron chi connectivity index (χ3n) is 2.54. The van der Waals surface area contributed by atoms with Crippen molar-refractivity contribution in [3.05, 3.63) is 29.8 Å². The number of carbonyl (C=O) groups excluding carboxylic acids is 1. The molecule has 2 unspecified atom stereocenters. The molecule has 0 fully saturated rings. The molecule has 0 radical (unpaired) electrons. The van der Waals surface area contributed by atoms with Crippen molar-refractivity contribution in [2.45, 2.75) is 30.8 Å². The molecule has 2 atom stereocenters. The number of alkyl halides is 8. The quantitative estimate of drug-likeness (QED) is 0.555. The van der Waals surface area contributed by atoms with E-state index in [1.54, 1.807) is 0 Å². The van der Waals surface area contributed by atoms with Crippen molar-refractivity contribution in [3.63, 3.8) is 0 Å². The van der Waals surface area contributed by atoms with Crippen molar-refractivity contribution in [2.24, 2.45) is 0 Å². The van der Waals surface area contributed by atoms with Gasteiger partial charge in [-0.15, -0.1) is 0 Å². The number of carbonyl (C=O) groups is 1. The maximum atomic E-state index is 13.3. The fraction of sp³-hybridized carbons (Fsp3) is 0.417. The van der Waals surface area contributed by atoms with E-state index in [0.29, 0.717) is 6.07 Å². The van der Waals surface area contributed by atoms with Crippen LogP contribution in [0.1, 0.15) is 10.4 Å². The number of rotatable bonds is 7. The first-order valence-electron chi connectivity index (χ1n) is 5.59. The minimum absolute atomic E-state index is 0.00635. The zero-order valence-corrected chi connectivity index (χ0v) is 10.5. The Hall–Kier alpha value is -1.87. The van der Waals surface area contributed by atoms with Crippen LogP contribution >= 0.6 is 0 Å². The average Bonchev–Trinajstić information content (AvgIpc) is 2.45. The smallest absolute Gasteiger partial charge is 0.427 e. The highest BCUT2D eigenvalue weighted by atomic mass is 19.3. The molecule has 0 spiro atoms. The summed E-state index contributed by atoms with van der Waals surface area (Å²) in [5.41, 5.74) is -0.570. The molecule has 0 aliphatic heterocycles. The Balaban J connectivity index is 3.08. The van der Waals surface area contributed by atoms with Crippen LogP contribution < -0.4 is 4.74 Å². The normalized spacial score (nSPS) is 15.5. The molecular formula is C12H8F8O2. The molecular weight excluding hydrogens is 328 g/mol. The second-order valence-corrected chi connectivity index (χ2v) is 4.08. The summed E-state index contributed by atoms with van der Waals surface area (Å²) in [6, 6.07) is 3.86. The van der Waals surface area contributed by atoms with Gasteiger partial charge in [0.2, 0.25) is 6.17 Å². The number of hydrogen-bond acceptors (Lipinski definition) is 2. The largest absolute Gasteiger partial charge is 0.467 e. The first-order chi connectivity index (χ1) is 10.0. The Morgan fingerprint density at radius 2 is 1.55 bits per heavy atom. The summed E-state index contributed by atoms with van der Waals surface area (Å²) in [6.45, 7) is 0. The first-order valence-corrected chi connectivity index (χ1v) is 5.59. The Labute approximate surface area is 118 Å². The lowest BCUT2D eigenvalue weighted by molar-refractivity contribution is -0.335. The van der Waals surface area contributed by atoms with E-state index in [1.807, 2.05) is 0 Å². The molecule has 10 heteroatoms. The topological polar surface area (TPSA) is 26.3 Å². The van der Waals surface area contributed by atoms with Crippen LogP contribution in [-0.2, 0) is 0 Å². The molecule has 124 valence electrons. The Morgan fingerprint density at radius 3 is 2.05 bits per heavy atom. The van der Waals surface area contributed by atoms with Gasteiger partial charge in [0.15, 0.2) is 12.5 Å². The van der Waals surface area contributed by atoms with Gasteiger partial charge in [-0.05, 0) is 12.1 Å². The van der Waals surface area contributed by atoms with Crippen LogP contribution in [0.4, 0.5) is 35.1 Å². The number of hydrogen-bond donors (Lipinski definition) is 0. The molecule has 0 saturated heterocycles. The molecule has 0 bridgehead atoms. The van der Waals surface area contributed by atoms with E-state index in [-0.39, 0.29) is 6.29 Å². The fourth-order valence-electron chi connectivity index (χ4n) is 1.37. The number of ether oxygens (including phenoxy) is 1. The zero-order valence-electron chi connectivity index (χ0n) is 10.5. The van der Waals surface area contributed by atoms with Crippen LogP contribution in [-0.4, -0.2) is 37.1 Å².